The van der Waals surface area contributed by atoms with E-state index in [0.29, 0.717) is 25.6 Å². The summed E-state index contributed by atoms with van der Waals surface area (Å²) in [6.45, 7) is 3.38. The standard InChI is InChI=1S/C14H29N3O3S/c1-15-11-14-5-3-4-8-17(14)21(18,19)16-9-6-13(7-10-16)12-20-2/h13-15H,3-12H2,1-2H3. The maximum Gasteiger partial charge on any atom is 0.282 e. The zero-order chi connectivity index (χ0) is 15.3. The molecular formula is C14H29N3O3S. The number of rotatable bonds is 6. The van der Waals surface area contributed by atoms with Gasteiger partial charge in [-0.15, -0.1) is 0 Å². The summed E-state index contributed by atoms with van der Waals surface area (Å²) >= 11 is 0. The number of hydrogen-bond donors (Lipinski definition) is 1. The summed E-state index contributed by atoms with van der Waals surface area (Å²) in [6, 6.07) is 0.102. The Bertz CT molecular complexity index is 406. The van der Waals surface area contributed by atoms with Crippen LogP contribution in [-0.2, 0) is 14.9 Å². The third-order valence-corrected chi connectivity index (χ3v) is 6.70. The second kappa shape index (κ2) is 7.87. The van der Waals surface area contributed by atoms with Crippen LogP contribution in [0.1, 0.15) is 32.1 Å². The molecule has 1 unspecified atom stereocenters. The first-order valence-electron chi connectivity index (χ1n) is 8.00. The third-order valence-electron chi connectivity index (χ3n) is 4.61. The van der Waals surface area contributed by atoms with E-state index in [-0.39, 0.29) is 6.04 Å². The van der Waals surface area contributed by atoms with E-state index in [1.807, 2.05) is 7.05 Å². The van der Waals surface area contributed by atoms with Crippen molar-refractivity contribution < 1.29 is 13.2 Å². The van der Waals surface area contributed by atoms with E-state index in [4.69, 9.17) is 4.74 Å². The summed E-state index contributed by atoms with van der Waals surface area (Å²) in [7, 11) is 0.283. The van der Waals surface area contributed by atoms with Crippen molar-refractivity contribution >= 4 is 10.2 Å². The number of ether oxygens (including phenoxy) is 1. The van der Waals surface area contributed by atoms with Gasteiger partial charge in [0.25, 0.3) is 10.2 Å². The highest BCUT2D eigenvalue weighted by Crippen LogP contribution is 2.26. The highest BCUT2D eigenvalue weighted by molar-refractivity contribution is 7.86. The first-order valence-corrected chi connectivity index (χ1v) is 9.39. The van der Waals surface area contributed by atoms with Crippen molar-refractivity contribution in [3.05, 3.63) is 0 Å². The topological polar surface area (TPSA) is 61.9 Å². The Morgan fingerprint density at radius 3 is 2.48 bits per heavy atom. The highest BCUT2D eigenvalue weighted by atomic mass is 32.2. The van der Waals surface area contributed by atoms with Crippen LogP contribution in [0, 0.1) is 5.92 Å². The van der Waals surface area contributed by atoms with E-state index < -0.39 is 10.2 Å². The Morgan fingerprint density at radius 1 is 1.14 bits per heavy atom. The molecule has 1 N–H and O–H groups in total. The van der Waals surface area contributed by atoms with E-state index >= 15 is 0 Å². The zero-order valence-corrected chi connectivity index (χ0v) is 14.1. The molecule has 0 aromatic carbocycles. The van der Waals surface area contributed by atoms with Gasteiger partial charge in [0.1, 0.15) is 0 Å². The predicted octanol–water partition coefficient (Wildman–Crippen LogP) is 0.664. The molecule has 7 heteroatoms. The SMILES string of the molecule is CNCC1CCCCN1S(=O)(=O)N1CCC(COC)CC1. The van der Waals surface area contributed by atoms with Crippen LogP contribution in [0.3, 0.4) is 0 Å². The Morgan fingerprint density at radius 2 is 1.86 bits per heavy atom. The molecule has 0 amide bonds. The summed E-state index contributed by atoms with van der Waals surface area (Å²) in [4.78, 5) is 0. The lowest BCUT2D eigenvalue weighted by atomic mass is 9.99. The van der Waals surface area contributed by atoms with Crippen LogP contribution in [0.2, 0.25) is 0 Å². The quantitative estimate of drug-likeness (QED) is 0.781. The van der Waals surface area contributed by atoms with Gasteiger partial charge in [-0.1, -0.05) is 6.42 Å². The first-order chi connectivity index (χ1) is 10.1. The molecule has 0 aliphatic carbocycles. The van der Waals surface area contributed by atoms with E-state index in [1.54, 1.807) is 15.7 Å². The monoisotopic (exact) mass is 319 g/mol. The van der Waals surface area contributed by atoms with E-state index in [1.165, 1.54) is 0 Å². The molecule has 2 aliphatic heterocycles. The Hall–Kier alpha value is -0.210. The lowest BCUT2D eigenvalue weighted by molar-refractivity contribution is 0.118. The highest BCUT2D eigenvalue weighted by Gasteiger charge is 2.37. The van der Waals surface area contributed by atoms with Crippen molar-refractivity contribution in [1.29, 1.82) is 0 Å². The average Bonchev–Trinajstić information content (AvgIpc) is 2.49. The fourth-order valence-corrected chi connectivity index (χ4v) is 5.29. The van der Waals surface area contributed by atoms with Gasteiger partial charge in [-0.05, 0) is 38.6 Å². The molecule has 0 bridgehead atoms. The predicted molar refractivity (Wildman–Crippen MR) is 83.4 cm³/mol. The van der Waals surface area contributed by atoms with Crippen molar-refractivity contribution in [2.24, 2.45) is 5.92 Å². The van der Waals surface area contributed by atoms with Crippen LogP contribution >= 0.6 is 0 Å². The molecule has 0 saturated carbocycles. The summed E-state index contributed by atoms with van der Waals surface area (Å²) in [5.41, 5.74) is 0. The largest absolute Gasteiger partial charge is 0.384 e. The molecule has 0 spiro atoms. The van der Waals surface area contributed by atoms with Gasteiger partial charge < -0.3 is 10.1 Å². The fourth-order valence-electron chi connectivity index (χ4n) is 3.41. The minimum Gasteiger partial charge on any atom is -0.384 e. The normalized spacial score (nSPS) is 27.0. The number of nitrogens with zero attached hydrogens (tertiary/aromatic N) is 2. The van der Waals surface area contributed by atoms with Gasteiger partial charge in [0.05, 0.1) is 0 Å². The molecule has 0 radical (unpaired) electrons. The molecule has 21 heavy (non-hydrogen) atoms. The summed E-state index contributed by atoms with van der Waals surface area (Å²) in [6.07, 6.45) is 4.85. The lowest BCUT2D eigenvalue weighted by Crippen LogP contribution is -2.54. The van der Waals surface area contributed by atoms with Gasteiger partial charge in [0.15, 0.2) is 0 Å². The molecule has 2 heterocycles. The van der Waals surface area contributed by atoms with E-state index in [2.05, 4.69) is 5.32 Å². The van der Waals surface area contributed by atoms with Crippen LogP contribution in [0.25, 0.3) is 0 Å². The molecule has 2 aliphatic rings. The van der Waals surface area contributed by atoms with Crippen molar-refractivity contribution in [3.63, 3.8) is 0 Å². The maximum atomic E-state index is 12.9. The molecule has 6 nitrogen and oxygen atoms in total. The van der Waals surface area contributed by atoms with Crippen molar-refractivity contribution in [2.75, 3.05) is 46.9 Å². The maximum absolute atomic E-state index is 12.9. The smallest absolute Gasteiger partial charge is 0.282 e. The molecule has 1 atom stereocenters. The van der Waals surface area contributed by atoms with E-state index in [9.17, 15) is 8.42 Å². The van der Waals surface area contributed by atoms with E-state index in [0.717, 1.165) is 45.3 Å². The summed E-state index contributed by atoms with van der Waals surface area (Å²) in [5, 5.41) is 3.13. The zero-order valence-electron chi connectivity index (χ0n) is 13.3. The second-order valence-electron chi connectivity index (χ2n) is 6.12. The third kappa shape index (κ3) is 4.16. The van der Waals surface area contributed by atoms with Crippen molar-refractivity contribution in [1.82, 2.24) is 13.9 Å². The molecule has 2 rings (SSSR count). The lowest BCUT2D eigenvalue weighted by Gasteiger charge is -2.40. The second-order valence-corrected chi connectivity index (χ2v) is 8.00. The van der Waals surface area contributed by atoms with Crippen LogP contribution < -0.4 is 5.32 Å². The number of likely N-dealkylation sites (N-methyl/N-ethyl adjacent to an activating group) is 1. The molecule has 0 aromatic heterocycles. The van der Waals surface area contributed by atoms with Crippen LogP contribution in [0.15, 0.2) is 0 Å². The molecular weight excluding hydrogens is 290 g/mol. The number of piperidine rings is 2. The number of methoxy groups -OCH3 is 1. The number of nitrogens with one attached hydrogen (secondary N) is 1. The van der Waals surface area contributed by atoms with Crippen LogP contribution in [0.4, 0.5) is 0 Å². The van der Waals surface area contributed by atoms with Gasteiger partial charge in [0, 0.05) is 45.9 Å². The number of hydrogen-bond acceptors (Lipinski definition) is 4. The Kier molecular flexibility index (Phi) is 6.43. The van der Waals surface area contributed by atoms with Gasteiger partial charge in [-0.2, -0.15) is 17.0 Å². The van der Waals surface area contributed by atoms with Gasteiger partial charge in [-0.25, -0.2) is 0 Å². The Labute approximate surface area is 129 Å². The fraction of sp³-hybridized carbons (Fsp3) is 1.00. The van der Waals surface area contributed by atoms with Gasteiger partial charge >= 0.3 is 0 Å². The van der Waals surface area contributed by atoms with Gasteiger partial charge in [0.2, 0.25) is 0 Å². The average molecular weight is 319 g/mol. The molecule has 2 fully saturated rings. The van der Waals surface area contributed by atoms with Gasteiger partial charge in [-0.3, -0.25) is 0 Å². The van der Waals surface area contributed by atoms with Crippen molar-refractivity contribution in [3.8, 4) is 0 Å². The van der Waals surface area contributed by atoms with Crippen molar-refractivity contribution in [2.45, 2.75) is 38.1 Å². The summed E-state index contributed by atoms with van der Waals surface area (Å²) in [5.74, 6) is 0.496. The molecule has 2 saturated heterocycles. The molecule has 124 valence electrons. The minimum absolute atomic E-state index is 0.102. The van der Waals surface area contributed by atoms with Crippen LogP contribution in [0.5, 0.6) is 0 Å². The molecule has 0 aromatic rings. The Balaban J connectivity index is 2.00. The minimum atomic E-state index is -3.31. The van der Waals surface area contributed by atoms with Crippen LogP contribution in [-0.4, -0.2) is 70.0 Å². The summed E-state index contributed by atoms with van der Waals surface area (Å²) < 4.78 is 34.3. The first kappa shape index (κ1) is 17.1.